The predicted molar refractivity (Wildman–Crippen MR) is 79.1 cm³/mol. The van der Waals surface area contributed by atoms with Gasteiger partial charge >= 0.3 is 0 Å². The maximum atomic E-state index is 12.2. The highest BCUT2D eigenvalue weighted by Crippen LogP contribution is 2.21. The van der Waals surface area contributed by atoms with E-state index in [2.05, 4.69) is 10.0 Å². The lowest BCUT2D eigenvalue weighted by atomic mass is 10.0. The summed E-state index contributed by atoms with van der Waals surface area (Å²) in [7, 11) is -3.51. The van der Waals surface area contributed by atoms with Gasteiger partial charge in [0.2, 0.25) is 0 Å². The van der Waals surface area contributed by atoms with Gasteiger partial charge in [-0.15, -0.1) is 0 Å². The first kappa shape index (κ1) is 13.1. The van der Waals surface area contributed by atoms with Crippen LogP contribution in [-0.2, 0) is 23.0 Å². The van der Waals surface area contributed by atoms with E-state index in [-0.39, 0.29) is 4.90 Å². The van der Waals surface area contributed by atoms with E-state index in [4.69, 9.17) is 0 Å². The van der Waals surface area contributed by atoms with Crippen molar-refractivity contribution in [3.63, 3.8) is 0 Å². The lowest BCUT2D eigenvalue weighted by Crippen LogP contribution is -2.23. The van der Waals surface area contributed by atoms with E-state index in [1.165, 1.54) is 5.56 Å². The molecule has 0 bridgehead atoms. The van der Waals surface area contributed by atoms with Gasteiger partial charge in [-0.05, 0) is 48.4 Å². The Balaban J connectivity index is 1.88. The first-order valence-corrected chi connectivity index (χ1v) is 8.04. The number of benzene rings is 2. The standard InChI is InChI=1S/C15H16N2O2S/c18-20(19,15-4-2-1-3-5-15)17-14-7-6-12-8-9-16-11-13(12)10-14/h1-7,10,16-17H,8-9,11H2. The van der Waals surface area contributed by atoms with Crippen molar-refractivity contribution in [1.29, 1.82) is 0 Å². The van der Waals surface area contributed by atoms with Gasteiger partial charge in [-0.25, -0.2) is 8.42 Å². The predicted octanol–water partition coefficient (Wildman–Crippen LogP) is 2.13. The fourth-order valence-electron chi connectivity index (χ4n) is 2.36. The molecule has 1 aliphatic rings. The second kappa shape index (κ2) is 5.26. The molecule has 2 aromatic rings. The van der Waals surface area contributed by atoms with Gasteiger partial charge in [-0.1, -0.05) is 24.3 Å². The van der Waals surface area contributed by atoms with Crippen molar-refractivity contribution >= 4 is 15.7 Å². The Morgan fingerprint density at radius 2 is 1.80 bits per heavy atom. The molecule has 20 heavy (non-hydrogen) atoms. The molecule has 0 saturated carbocycles. The van der Waals surface area contributed by atoms with Crippen LogP contribution in [0.15, 0.2) is 53.4 Å². The summed E-state index contributed by atoms with van der Waals surface area (Å²) < 4.78 is 27.1. The molecule has 2 N–H and O–H groups in total. The van der Waals surface area contributed by atoms with Crippen LogP contribution in [0.3, 0.4) is 0 Å². The van der Waals surface area contributed by atoms with Crippen LogP contribution in [0.25, 0.3) is 0 Å². The molecular formula is C15H16N2O2S. The molecule has 104 valence electrons. The zero-order valence-electron chi connectivity index (χ0n) is 11.0. The molecule has 0 fully saturated rings. The summed E-state index contributed by atoms with van der Waals surface area (Å²) in [6, 6.07) is 14.1. The first-order valence-electron chi connectivity index (χ1n) is 6.55. The highest BCUT2D eigenvalue weighted by Gasteiger charge is 2.15. The van der Waals surface area contributed by atoms with E-state index in [1.54, 1.807) is 30.3 Å². The minimum Gasteiger partial charge on any atom is -0.312 e. The van der Waals surface area contributed by atoms with Crippen molar-refractivity contribution in [2.24, 2.45) is 0 Å². The van der Waals surface area contributed by atoms with Crippen LogP contribution in [0.5, 0.6) is 0 Å². The molecule has 5 heteroatoms. The summed E-state index contributed by atoms with van der Waals surface area (Å²) in [5.74, 6) is 0. The summed E-state index contributed by atoms with van der Waals surface area (Å²) in [4.78, 5) is 0.274. The fraction of sp³-hybridized carbons (Fsp3) is 0.200. The van der Waals surface area contributed by atoms with Crippen LogP contribution < -0.4 is 10.0 Å². The van der Waals surface area contributed by atoms with Crippen molar-refractivity contribution in [3.8, 4) is 0 Å². The van der Waals surface area contributed by atoms with Gasteiger partial charge in [0.05, 0.1) is 4.90 Å². The Morgan fingerprint density at radius 3 is 2.60 bits per heavy atom. The highest BCUT2D eigenvalue weighted by atomic mass is 32.2. The van der Waals surface area contributed by atoms with Gasteiger partial charge in [0.1, 0.15) is 0 Å². The lowest BCUT2D eigenvalue weighted by molar-refractivity contribution is 0.601. The highest BCUT2D eigenvalue weighted by molar-refractivity contribution is 7.92. The van der Waals surface area contributed by atoms with E-state index in [1.807, 2.05) is 18.2 Å². The Bertz CT molecular complexity index is 712. The molecular weight excluding hydrogens is 272 g/mol. The number of rotatable bonds is 3. The number of fused-ring (bicyclic) bond motifs is 1. The molecule has 0 atom stereocenters. The van der Waals surface area contributed by atoms with Crippen molar-refractivity contribution in [2.45, 2.75) is 17.9 Å². The number of nitrogens with one attached hydrogen (secondary N) is 2. The minimum absolute atomic E-state index is 0.274. The van der Waals surface area contributed by atoms with Crippen LogP contribution in [0, 0.1) is 0 Å². The molecule has 0 saturated heterocycles. The Kier molecular flexibility index (Phi) is 3.46. The third kappa shape index (κ3) is 2.69. The van der Waals surface area contributed by atoms with Crippen LogP contribution in [0.2, 0.25) is 0 Å². The molecule has 2 aromatic carbocycles. The van der Waals surface area contributed by atoms with Gasteiger partial charge in [0.25, 0.3) is 10.0 Å². The topological polar surface area (TPSA) is 58.2 Å². The fourth-order valence-corrected chi connectivity index (χ4v) is 3.43. The molecule has 1 aliphatic heterocycles. The number of hydrogen-bond donors (Lipinski definition) is 2. The van der Waals surface area contributed by atoms with Crippen molar-refractivity contribution in [3.05, 3.63) is 59.7 Å². The van der Waals surface area contributed by atoms with E-state index < -0.39 is 10.0 Å². The second-order valence-corrected chi connectivity index (χ2v) is 6.51. The monoisotopic (exact) mass is 288 g/mol. The SMILES string of the molecule is O=S(=O)(Nc1ccc2c(c1)CNCC2)c1ccccc1. The molecule has 0 spiro atoms. The smallest absolute Gasteiger partial charge is 0.261 e. The molecule has 0 unspecified atom stereocenters. The third-order valence-corrected chi connectivity index (χ3v) is 4.80. The van der Waals surface area contributed by atoms with E-state index in [9.17, 15) is 8.42 Å². The van der Waals surface area contributed by atoms with E-state index >= 15 is 0 Å². The molecule has 1 heterocycles. The summed E-state index contributed by atoms with van der Waals surface area (Å²) in [6.45, 7) is 1.76. The molecule has 0 aromatic heterocycles. The van der Waals surface area contributed by atoms with Gasteiger partial charge in [0.15, 0.2) is 0 Å². The third-order valence-electron chi connectivity index (χ3n) is 3.40. The Hall–Kier alpha value is -1.85. The van der Waals surface area contributed by atoms with Crippen LogP contribution in [0.4, 0.5) is 5.69 Å². The maximum Gasteiger partial charge on any atom is 0.261 e. The van der Waals surface area contributed by atoms with Crippen molar-refractivity contribution in [1.82, 2.24) is 5.32 Å². The van der Waals surface area contributed by atoms with Crippen molar-refractivity contribution in [2.75, 3.05) is 11.3 Å². The molecule has 3 rings (SSSR count). The quantitative estimate of drug-likeness (QED) is 0.909. The number of sulfonamides is 1. The molecule has 0 amide bonds. The van der Waals surface area contributed by atoms with Crippen LogP contribution >= 0.6 is 0 Å². The maximum absolute atomic E-state index is 12.2. The summed E-state index contributed by atoms with van der Waals surface area (Å²) in [5, 5.41) is 3.29. The largest absolute Gasteiger partial charge is 0.312 e. The van der Waals surface area contributed by atoms with Gasteiger partial charge in [-0.3, -0.25) is 4.72 Å². The average Bonchev–Trinajstić information content (AvgIpc) is 2.48. The lowest BCUT2D eigenvalue weighted by Gasteiger charge is -2.18. The van der Waals surface area contributed by atoms with Gasteiger partial charge in [-0.2, -0.15) is 0 Å². The molecule has 0 aliphatic carbocycles. The summed E-state index contributed by atoms with van der Waals surface area (Å²) in [6.07, 6.45) is 0.987. The molecule has 4 nitrogen and oxygen atoms in total. The number of hydrogen-bond acceptors (Lipinski definition) is 3. The van der Waals surface area contributed by atoms with Crippen molar-refractivity contribution < 1.29 is 8.42 Å². The normalized spacial score (nSPS) is 14.6. The number of anilines is 1. The zero-order chi connectivity index (χ0) is 14.0. The summed E-state index contributed by atoms with van der Waals surface area (Å²) in [5.41, 5.74) is 3.05. The summed E-state index contributed by atoms with van der Waals surface area (Å²) >= 11 is 0. The second-order valence-electron chi connectivity index (χ2n) is 4.83. The van der Waals surface area contributed by atoms with Crippen LogP contribution in [0.1, 0.15) is 11.1 Å². The average molecular weight is 288 g/mol. The van der Waals surface area contributed by atoms with E-state index in [0.717, 1.165) is 25.1 Å². The first-order chi connectivity index (χ1) is 9.65. The van der Waals surface area contributed by atoms with Crippen LogP contribution in [-0.4, -0.2) is 15.0 Å². The van der Waals surface area contributed by atoms with E-state index in [0.29, 0.717) is 5.69 Å². The van der Waals surface area contributed by atoms with Gasteiger partial charge in [0, 0.05) is 12.2 Å². The Labute approximate surface area is 118 Å². The molecule has 0 radical (unpaired) electrons. The van der Waals surface area contributed by atoms with Gasteiger partial charge < -0.3 is 5.32 Å². The zero-order valence-corrected chi connectivity index (χ0v) is 11.8. The Morgan fingerprint density at radius 1 is 1.00 bits per heavy atom. The minimum atomic E-state index is -3.51.